The van der Waals surface area contributed by atoms with Gasteiger partial charge in [-0.25, -0.2) is 17.8 Å². The number of anilines is 2. The predicted molar refractivity (Wildman–Crippen MR) is 114 cm³/mol. The normalized spacial score (nSPS) is 16.4. The predicted octanol–water partition coefficient (Wildman–Crippen LogP) is 3.09. The highest BCUT2D eigenvalue weighted by Gasteiger charge is 2.26. The molecule has 0 spiro atoms. The SMILES string of the molecule is O=C(NC1CCN(c2nccs2)C1)c1cccc(NS(=O)(=O)c2cccc(F)c2)c1. The van der Waals surface area contributed by atoms with Crippen LogP contribution in [0.1, 0.15) is 16.8 Å². The molecule has 1 atom stereocenters. The van der Waals surface area contributed by atoms with Gasteiger partial charge in [-0.3, -0.25) is 9.52 Å². The summed E-state index contributed by atoms with van der Waals surface area (Å²) in [6, 6.07) is 10.9. The number of amides is 1. The van der Waals surface area contributed by atoms with E-state index < -0.39 is 15.8 Å². The van der Waals surface area contributed by atoms with Gasteiger partial charge in [0.1, 0.15) is 5.82 Å². The first kappa shape index (κ1) is 20.3. The number of hydrogen-bond acceptors (Lipinski definition) is 6. The van der Waals surface area contributed by atoms with Gasteiger partial charge in [-0.1, -0.05) is 12.1 Å². The molecule has 3 aromatic rings. The van der Waals surface area contributed by atoms with Crippen LogP contribution >= 0.6 is 11.3 Å². The van der Waals surface area contributed by atoms with Crippen LogP contribution in [-0.4, -0.2) is 38.4 Å². The molecule has 1 unspecified atom stereocenters. The van der Waals surface area contributed by atoms with E-state index in [1.165, 1.54) is 30.3 Å². The van der Waals surface area contributed by atoms with Crippen molar-refractivity contribution in [1.82, 2.24) is 10.3 Å². The molecule has 2 heterocycles. The van der Waals surface area contributed by atoms with Crippen molar-refractivity contribution in [2.24, 2.45) is 0 Å². The zero-order valence-corrected chi connectivity index (χ0v) is 17.4. The minimum absolute atomic E-state index is 0.0194. The van der Waals surface area contributed by atoms with Crippen molar-refractivity contribution in [2.45, 2.75) is 17.4 Å². The maximum atomic E-state index is 13.4. The van der Waals surface area contributed by atoms with E-state index in [-0.39, 0.29) is 22.5 Å². The van der Waals surface area contributed by atoms with Gasteiger partial charge in [0.15, 0.2) is 5.13 Å². The number of hydrogen-bond donors (Lipinski definition) is 2. The maximum absolute atomic E-state index is 13.4. The number of nitrogens with zero attached hydrogens (tertiary/aromatic N) is 2. The highest BCUT2D eigenvalue weighted by atomic mass is 32.2. The van der Waals surface area contributed by atoms with E-state index in [1.54, 1.807) is 29.7 Å². The Morgan fingerprint density at radius 2 is 2.03 bits per heavy atom. The summed E-state index contributed by atoms with van der Waals surface area (Å²) in [7, 11) is -3.97. The van der Waals surface area contributed by atoms with E-state index in [9.17, 15) is 17.6 Å². The maximum Gasteiger partial charge on any atom is 0.261 e. The Labute approximate surface area is 177 Å². The third-order valence-electron chi connectivity index (χ3n) is 4.70. The van der Waals surface area contributed by atoms with E-state index in [0.29, 0.717) is 12.1 Å². The van der Waals surface area contributed by atoms with E-state index in [1.807, 2.05) is 5.38 Å². The molecule has 2 aromatic carbocycles. The second-order valence-corrected chi connectivity index (χ2v) is 9.42. The smallest absolute Gasteiger partial charge is 0.261 e. The number of rotatable bonds is 6. The molecule has 0 radical (unpaired) electrons. The van der Waals surface area contributed by atoms with Crippen LogP contribution in [-0.2, 0) is 10.0 Å². The molecule has 0 aliphatic carbocycles. The first-order valence-corrected chi connectivity index (χ1v) is 11.6. The Morgan fingerprint density at radius 3 is 2.80 bits per heavy atom. The minimum atomic E-state index is -3.97. The quantitative estimate of drug-likeness (QED) is 0.607. The van der Waals surface area contributed by atoms with Gasteiger partial charge in [0.2, 0.25) is 0 Å². The first-order valence-electron chi connectivity index (χ1n) is 9.24. The Balaban J connectivity index is 1.42. The molecule has 1 amide bonds. The molecule has 0 saturated carbocycles. The molecule has 4 rings (SSSR count). The highest BCUT2D eigenvalue weighted by molar-refractivity contribution is 7.92. The summed E-state index contributed by atoms with van der Waals surface area (Å²) in [4.78, 5) is 18.9. The summed E-state index contributed by atoms with van der Waals surface area (Å²) in [6.45, 7) is 1.48. The number of aromatic nitrogens is 1. The highest BCUT2D eigenvalue weighted by Crippen LogP contribution is 2.23. The number of carbonyl (C=O) groups is 1. The van der Waals surface area contributed by atoms with Gasteiger partial charge >= 0.3 is 0 Å². The Bertz CT molecular complexity index is 1150. The van der Waals surface area contributed by atoms with Crippen molar-refractivity contribution in [1.29, 1.82) is 0 Å². The largest absolute Gasteiger partial charge is 0.347 e. The van der Waals surface area contributed by atoms with E-state index in [4.69, 9.17) is 0 Å². The number of sulfonamides is 1. The number of halogens is 1. The van der Waals surface area contributed by atoms with Gasteiger partial charge in [0.25, 0.3) is 15.9 Å². The third-order valence-corrected chi connectivity index (χ3v) is 6.91. The van der Waals surface area contributed by atoms with Crippen molar-refractivity contribution in [3.05, 3.63) is 71.5 Å². The van der Waals surface area contributed by atoms with Crippen molar-refractivity contribution in [3.8, 4) is 0 Å². The Kier molecular flexibility index (Phi) is 5.69. The van der Waals surface area contributed by atoms with Crippen molar-refractivity contribution in [2.75, 3.05) is 22.7 Å². The van der Waals surface area contributed by atoms with Crippen LogP contribution in [0.15, 0.2) is 65.0 Å². The van der Waals surface area contributed by atoms with Crippen LogP contribution in [0.3, 0.4) is 0 Å². The number of thiazole rings is 1. The molecular weight excluding hydrogens is 427 g/mol. The lowest BCUT2D eigenvalue weighted by molar-refractivity contribution is 0.0940. The van der Waals surface area contributed by atoms with Gasteiger partial charge in [0.05, 0.1) is 4.90 Å². The lowest BCUT2D eigenvalue weighted by Crippen LogP contribution is -2.37. The minimum Gasteiger partial charge on any atom is -0.347 e. The van der Waals surface area contributed by atoms with Crippen LogP contribution in [0.4, 0.5) is 15.2 Å². The molecule has 30 heavy (non-hydrogen) atoms. The van der Waals surface area contributed by atoms with Crippen LogP contribution in [0.5, 0.6) is 0 Å². The lowest BCUT2D eigenvalue weighted by atomic mass is 10.1. The second kappa shape index (κ2) is 8.41. The molecule has 1 aliphatic rings. The van der Waals surface area contributed by atoms with Crippen LogP contribution in [0.2, 0.25) is 0 Å². The molecular formula is C20H19FN4O3S2. The molecule has 1 fully saturated rings. The van der Waals surface area contributed by atoms with E-state index >= 15 is 0 Å². The summed E-state index contributed by atoms with van der Waals surface area (Å²) in [5, 5.41) is 5.83. The molecule has 2 N–H and O–H groups in total. The molecule has 1 aromatic heterocycles. The average molecular weight is 447 g/mol. The number of carbonyl (C=O) groups excluding carboxylic acids is 1. The summed E-state index contributed by atoms with van der Waals surface area (Å²) >= 11 is 1.56. The third kappa shape index (κ3) is 4.60. The lowest BCUT2D eigenvalue weighted by Gasteiger charge is -2.16. The van der Waals surface area contributed by atoms with Gasteiger partial charge in [-0.05, 0) is 42.8 Å². The van der Waals surface area contributed by atoms with Crippen LogP contribution in [0, 0.1) is 5.82 Å². The Hall–Kier alpha value is -2.98. The first-order chi connectivity index (χ1) is 14.4. The number of benzene rings is 2. The zero-order valence-electron chi connectivity index (χ0n) is 15.8. The van der Waals surface area contributed by atoms with Gasteiger partial charge in [-0.2, -0.15) is 0 Å². The second-order valence-electron chi connectivity index (χ2n) is 6.86. The fourth-order valence-corrected chi connectivity index (χ4v) is 5.03. The molecule has 0 bridgehead atoms. The van der Waals surface area contributed by atoms with Gasteiger partial charge in [0, 0.05) is 42.0 Å². The average Bonchev–Trinajstić information content (AvgIpc) is 3.39. The summed E-state index contributed by atoms with van der Waals surface area (Å²) < 4.78 is 40.7. The standard InChI is InChI=1S/C20H19FN4O3S2/c21-15-4-2-6-18(12-15)30(27,28)24-16-5-1-3-14(11-16)19(26)23-17-7-9-25(13-17)20-22-8-10-29-20/h1-6,8,10-12,17,24H,7,9,13H2,(H,23,26). The summed E-state index contributed by atoms with van der Waals surface area (Å²) in [5.41, 5.74) is 0.560. The van der Waals surface area contributed by atoms with Crippen molar-refractivity contribution >= 4 is 38.1 Å². The molecule has 7 nitrogen and oxygen atoms in total. The molecule has 1 saturated heterocycles. The summed E-state index contributed by atoms with van der Waals surface area (Å²) in [5.74, 6) is -0.929. The van der Waals surface area contributed by atoms with Gasteiger partial charge < -0.3 is 10.2 Å². The summed E-state index contributed by atoms with van der Waals surface area (Å²) in [6.07, 6.45) is 2.56. The molecule has 1 aliphatic heterocycles. The van der Waals surface area contributed by atoms with E-state index in [0.717, 1.165) is 24.2 Å². The van der Waals surface area contributed by atoms with Crippen molar-refractivity contribution < 1.29 is 17.6 Å². The fourth-order valence-electron chi connectivity index (χ4n) is 3.26. The fraction of sp³-hybridized carbons (Fsp3) is 0.200. The number of nitrogens with one attached hydrogen (secondary N) is 2. The van der Waals surface area contributed by atoms with Gasteiger partial charge in [-0.15, -0.1) is 11.3 Å². The van der Waals surface area contributed by atoms with Crippen LogP contribution < -0.4 is 14.9 Å². The topological polar surface area (TPSA) is 91.4 Å². The van der Waals surface area contributed by atoms with E-state index in [2.05, 4.69) is 19.9 Å². The Morgan fingerprint density at radius 1 is 1.20 bits per heavy atom. The zero-order chi connectivity index (χ0) is 21.1. The monoisotopic (exact) mass is 446 g/mol. The van der Waals surface area contributed by atoms with Crippen molar-refractivity contribution in [3.63, 3.8) is 0 Å². The molecule has 10 heteroatoms. The van der Waals surface area contributed by atoms with Crippen LogP contribution in [0.25, 0.3) is 0 Å². The molecule has 156 valence electrons.